The summed E-state index contributed by atoms with van der Waals surface area (Å²) in [6, 6.07) is 3.12. The second-order valence-corrected chi connectivity index (χ2v) is 8.10. The fourth-order valence-corrected chi connectivity index (χ4v) is 5.12. The maximum absolute atomic E-state index is 14.6. The number of thiophene rings is 1. The highest BCUT2D eigenvalue weighted by Gasteiger charge is 2.30. The molecule has 4 aromatic rings. The highest BCUT2D eigenvalue weighted by atomic mass is 32.1. The molecule has 148 valence electrons. The van der Waals surface area contributed by atoms with Gasteiger partial charge in [-0.05, 0) is 37.8 Å². The summed E-state index contributed by atoms with van der Waals surface area (Å²) in [5, 5.41) is 11.6. The number of aromatic amines is 1. The average Bonchev–Trinajstić information content (AvgIpc) is 3.31. The minimum atomic E-state index is -0.389. The van der Waals surface area contributed by atoms with Crippen LogP contribution in [0.1, 0.15) is 23.8 Å². The highest BCUT2D eigenvalue weighted by Crippen LogP contribution is 2.41. The van der Waals surface area contributed by atoms with Gasteiger partial charge in [0.05, 0.1) is 35.3 Å². The smallest absolute Gasteiger partial charge is 0.309 e. The van der Waals surface area contributed by atoms with Gasteiger partial charge in [0.15, 0.2) is 0 Å². The third kappa shape index (κ3) is 3.11. The van der Waals surface area contributed by atoms with Crippen LogP contribution < -0.4 is 5.32 Å². The van der Waals surface area contributed by atoms with Gasteiger partial charge in [0.1, 0.15) is 22.8 Å². The Hall–Kier alpha value is -3.07. The molecular weight excluding hydrogens is 393 g/mol. The van der Waals surface area contributed by atoms with Crippen LogP contribution in [0.5, 0.6) is 0 Å². The number of aryl methyl sites for hydroxylation is 1. The van der Waals surface area contributed by atoms with Gasteiger partial charge in [0.25, 0.3) is 0 Å². The Morgan fingerprint density at radius 1 is 1.41 bits per heavy atom. The molecule has 0 spiro atoms. The number of anilines is 2. The molecule has 1 atom stereocenters. The number of hydrogen-bond acceptors (Lipinski definition) is 7. The van der Waals surface area contributed by atoms with Gasteiger partial charge >= 0.3 is 5.97 Å². The van der Waals surface area contributed by atoms with Gasteiger partial charge in [-0.2, -0.15) is 5.10 Å². The molecule has 1 aliphatic rings. The van der Waals surface area contributed by atoms with Crippen molar-refractivity contribution in [1.82, 2.24) is 20.2 Å². The lowest BCUT2D eigenvalue weighted by atomic mass is 9.88. The second-order valence-electron chi connectivity index (χ2n) is 7.01. The summed E-state index contributed by atoms with van der Waals surface area (Å²) in [5.74, 6) is -0.0832. The number of halogens is 1. The molecule has 3 heterocycles. The molecule has 0 saturated carbocycles. The van der Waals surface area contributed by atoms with Crippen LogP contribution in [0.15, 0.2) is 24.7 Å². The minimum absolute atomic E-state index is 0.124. The van der Waals surface area contributed by atoms with Crippen molar-refractivity contribution >= 4 is 49.9 Å². The molecule has 0 bridgehead atoms. The quantitative estimate of drug-likeness (QED) is 0.491. The van der Waals surface area contributed by atoms with Gasteiger partial charge in [-0.1, -0.05) is 0 Å². The molecule has 29 heavy (non-hydrogen) atoms. The number of ether oxygens (including phenoxy) is 1. The number of aromatic nitrogens is 4. The summed E-state index contributed by atoms with van der Waals surface area (Å²) >= 11 is 1.56. The number of esters is 1. The van der Waals surface area contributed by atoms with Crippen molar-refractivity contribution in [2.45, 2.75) is 26.2 Å². The number of carbonyl (C=O) groups excluding carboxylic acids is 1. The molecule has 2 N–H and O–H groups in total. The van der Waals surface area contributed by atoms with Crippen molar-refractivity contribution in [2.24, 2.45) is 5.92 Å². The van der Waals surface area contributed by atoms with Crippen molar-refractivity contribution in [3.8, 4) is 0 Å². The SMILES string of the molecule is CCOC(=O)C1CCc2c(sc3ncnc(Nc4cc5cn[nH]c5cc4F)c23)C1. The number of benzene rings is 1. The Labute approximate surface area is 169 Å². The van der Waals surface area contributed by atoms with Crippen LogP contribution in [0.2, 0.25) is 0 Å². The number of nitrogens with one attached hydrogen (secondary N) is 2. The summed E-state index contributed by atoms with van der Waals surface area (Å²) in [5.41, 5.74) is 2.11. The Kier molecular flexibility index (Phi) is 4.39. The molecular formula is C20H18FN5O2S. The van der Waals surface area contributed by atoms with E-state index >= 15 is 0 Å². The molecule has 1 unspecified atom stereocenters. The number of H-pyrrole nitrogens is 1. The molecule has 0 saturated heterocycles. The first-order chi connectivity index (χ1) is 14.1. The van der Waals surface area contributed by atoms with Gasteiger partial charge in [-0.15, -0.1) is 11.3 Å². The van der Waals surface area contributed by atoms with Crippen molar-refractivity contribution in [3.63, 3.8) is 0 Å². The van der Waals surface area contributed by atoms with E-state index in [0.29, 0.717) is 30.0 Å². The zero-order valence-electron chi connectivity index (χ0n) is 15.7. The van der Waals surface area contributed by atoms with E-state index in [-0.39, 0.29) is 17.7 Å². The van der Waals surface area contributed by atoms with E-state index < -0.39 is 0 Å². The first-order valence-corrected chi connectivity index (χ1v) is 10.3. The third-order valence-electron chi connectivity index (χ3n) is 5.25. The second kappa shape index (κ2) is 7.07. The predicted molar refractivity (Wildman–Crippen MR) is 109 cm³/mol. The average molecular weight is 411 g/mol. The largest absolute Gasteiger partial charge is 0.466 e. The fraction of sp³-hybridized carbons (Fsp3) is 0.300. The minimum Gasteiger partial charge on any atom is -0.466 e. The predicted octanol–water partition coefficient (Wildman–Crippen LogP) is 4.12. The van der Waals surface area contributed by atoms with Crippen LogP contribution in [0.25, 0.3) is 21.1 Å². The zero-order chi connectivity index (χ0) is 20.0. The number of rotatable bonds is 4. The Morgan fingerprint density at radius 2 is 2.31 bits per heavy atom. The van der Waals surface area contributed by atoms with Gasteiger partial charge < -0.3 is 10.1 Å². The van der Waals surface area contributed by atoms with E-state index in [1.54, 1.807) is 23.6 Å². The molecule has 5 rings (SSSR count). The molecule has 0 radical (unpaired) electrons. The van der Waals surface area contributed by atoms with Gasteiger partial charge in [0, 0.05) is 16.3 Å². The monoisotopic (exact) mass is 411 g/mol. The lowest BCUT2D eigenvalue weighted by molar-refractivity contribution is -0.148. The van der Waals surface area contributed by atoms with Crippen LogP contribution in [-0.4, -0.2) is 32.7 Å². The first-order valence-electron chi connectivity index (χ1n) is 9.45. The summed E-state index contributed by atoms with van der Waals surface area (Å²) in [6.07, 6.45) is 5.23. The van der Waals surface area contributed by atoms with Crippen LogP contribution in [0.4, 0.5) is 15.9 Å². The van der Waals surface area contributed by atoms with Crippen LogP contribution in [0.3, 0.4) is 0 Å². The van der Waals surface area contributed by atoms with Crippen LogP contribution >= 0.6 is 11.3 Å². The van der Waals surface area contributed by atoms with Gasteiger partial charge in [0.2, 0.25) is 0 Å². The van der Waals surface area contributed by atoms with E-state index in [1.807, 2.05) is 6.92 Å². The number of fused-ring (bicyclic) bond motifs is 4. The zero-order valence-corrected chi connectivity index (χ0v) is 16.5. The van der Waals surface area contributed by atoms with E-state index in [4.69, 9.17) is 4.74 Å². The maximum Gasteiger partial charge on any atom is 0.309 e. The van der Waals surface area contributed by atoms with E-state index in [0.717, 1.165) is 38.9 Å². The van der Waals surface area contributed by atoms with Gasteiger partial charge in [-0.25, -0.2) is 14.4 Å². The van der Waals surface area contributed by atoms with E-state index in [2.05, 4.69) is 25.5 Å². The van der Waals surface area contributed by atoms with Crippen molar-refractivity contribution < 1.29 is 13.9 Å². The summed E-state index contributed by atoms with van der Waals surface area (Å²) < 4.78 is 19.7. The molecule has 3 aromatic heterocycles. The Balaban J connectivity index is 1.52. The third-order valence-corrected chi connectivity index (χ3v) is 6.41. The number of carbonyl (C=O) groups is 1. The molecule has 0 amide bonds. The topological polar surface area (TPSA) is 92.8 Å². The van der Waals surface area contributed by atoms with Crippen molar-refractivity contribution in [3.05, 3.63) is 40.9 Å². The molecule has 0 aliphatic heterocycles. The highest BCUT2D eigenvalue weighted by molar-refractivity contribution is 7.19. The van der Waals surface area contributed by atoms with Crippen LogP contribution in [0, 0.1) is 11.7 Å². The van der Waals surface area contributed by atoms with E-state index in [1.165, 1.54) is 12.4 Å². The van der Waals surface area contributed by atoms with Gasteiger partial charge in [-0.3, -0.25) is 9.89 Å². The molecule has 7 nitrogen and oxygen atoms in total. The summed E-state index contributed by atoms with van der Waals surface area (Å²) in [6.45, 7) is 2.21. The molecule has 0 fully saturated rings. The molecule has 1 aromatic carbocycles. The van der Waals surface area contributed by atoms with Crippen molar-refractivity contribution in [1.29, 1.82) is 0 Å². The maximum atomic E-state index is 14.6. The molecule has 1 aliphatic carbocycles. The van der Waals surface area contributed by atoms with Crippen molar-refractivity contribution in [2.75, 3.05) is 11.9 Å². The van der Waals surface area contributed by atoms with E-state index in [9.17, 15) is 9.18 Å². The molecule has 9 heteroatoms. The normalized spacial score (nSPS) is 16.1. The number of hydrogen-bond donors (Lipinski definition) is 2. The fourth-order valence-electron chi connectivity index (χ4n) is 3.85. The first kappa shape index (κ1) is 18.0. The Bertz CT molecular complexity index is 1230. The summed E-state index contributed by atoms with van der Waals surface area (Å²) in [7, 11) is 0. The van der Waals surface area contributed by atoms with Crippen LogP contribution in [-0.2, 0) is 22.4 Å². The number of nitrogens with zero attached hydrogens (tertiary/aromatic N) is 3. The lowest BCUT2D eigenvalue weighted by Crippen LogP contribution is -2.23. The standard InChI is InChI=1S/C20H18FN5O2S/c1-2-28-20(27)10-3-4-12-16(6-10)29-19-17(12)18(22-9-23-19)25-15-5-11-8-24-26-14(11)7-13(15)21/h5,7-10H,2-4,6H2,1H3,(H,24,26)(H,22,23,25). The Morgan fingerprint density at radius 3 is 3.17 bits per heavy atom. The lowest BCUT2D eigenvalue weighted by Gasteiger charge is -2.20. The summed E-state index contributed by atoms with van der Waals surface area (Å²) in [4.78, 5) is 22.9.